The molecule has 2 saturated heterocycles. The summed E-state index contributed by atoms with van der Waals surface area (Å²) < 4.78 is 0. The van der Waals surface area contributed by atoms with E-state index in [-0.39, 0.29) is 23.8 Å². The van der Waals surface area contributed by atoms with Crippen LogP contribution in [0.25, 0.3) is 0 Å². The molecular formula is C25H36N4O3. The molecule has 4 rings (SSSR count). The Balaban J connectivity index is 1.37. The fourth-order valence-electron chi connectivity index (χ4n) is 6.02. The SMILES string of the molecule is CC1CCN(c2ccc(NC(=O)CN3C(=O)NC4(CC(C)CC(C)(C)C4)C3=O)cc2)CC1. The summed E-state index contributed by atoms with van der Waals surface area (Å²) in [7, 11) is 0. The summed E-state index contributed by atoms with van der Waals surface area (Å²) >= 11 is 0. The Morgan fingerprint density at radius 3 is 2.34 bits per heavy atom. The van der Waals surface area contributed by atoms with Crippen LogP contribution in [0.15, 0.2) is 24.3 Å². The van der Waals surface area contributed by atoms with Crippen LogP contribution >= 0.6 is 0 Å². The van der Waals surface area contributed by atoms with Gasteiger partial charge >= 0.3 is 6.03 Å². The maximum atomic E-state index is 13.2. The molecule has 0 aromatic heterocycles. The molecule has 1 aliphatic carbocycles. The molecule has 7 heteroatoms. The predicted molar refractivity (Wildman–Crippen MR) is 125 cm³/mol. The number of rotatable bonds is 4. The Bertz CT molecular complexity index is 889. The molecule has 2 unspecified atom stereocenters. The average molecular weight is 441 g/mol. The number of nitrogens with zero attached hydrogens (tertiary/aromatic N) is 2. The number of benzene rings is 1. The molecule has 32 heavy (non-hydrogen) atoms. The van der Waals surface area contributed by atoms with Crippen LogP contribution in [0.3, 0.4) is 0 Å². The van der Waals surface area contributed by atoms with Crippen LogP contribution < -0.4 is 15.5 Å². The number of anilines is 2. The first-order valence-electron chi connectivity index (χ1n) is 11.9. The van der Waals surface area contributed by atoms with E-state index in [4.69, 9.17) is 0 Å². The standard InChI is InChI=1S/C25H36N4O3/c1-17-9-11-28(12-10-17)20-7-5-19(6-8-20)26-21(30)15-29-22(31)25(27-23(29)32)14-18(2)13-24(3,4)16-25/h5-8,17-18H,9-16H2,1-4H3,(H,26,30)(H,27,32). The summed E-state index contributed by atoms with van der Waals surface area (Å²) in [6.45, 7) is 10.5. The van der Waals surface area contributed by atoms with Crippen molar-refractivity contribution in [1.82, 2.24) is 10.2 Å². The molecule has 3 fully saturated rings. The number of carbonyl (C=O) groups excluding carboxylic acids is 3. The van der Waals surface area contributed by atoms with Crippen molar-refractivity contribution < 1.29 is 14.4 Å². The van der Waals surface area contributed by atoms with Crippen molar-refractivity contribution in [3.63, 3.8) is 0 Å². The molecule has 1 saturated carbocycles. The molecule has 0 radical (unpaired) electrons. The predicted octanol–water partition coefficient (Wildman–Crippen LogP) is 4.00. The van der Waals surface area contributed by atoms with Crippen LogP contribution in [0.1, 0.15) is 59.8 Å². The number of nitrogens with one attached hydrogen (secondary N) is 2. The molecule has 174 valence electrons. The second-order valence-electron chi connectivity index (χ2n) is 11.0. The zero-order chi connectivity index (χ0) is 23.1. The fourth-order valence-corrected chi connectivity index (χ4v) is 6.02. The van der Waals surface area contributed by atoms with Crippen LogP contribution in [0, 0.1) is 17.3 Å². The van der Waals surface area contributed by atoms with E-state index in [1.54, 1.807) is 0 Å². The smallest absolute Gasteiger partial charge is 0.325 e. The van der Waals surface area contributed by atoms with Gasteiger partial charge in [-0.1, -0.05) is 27.7 Å². The number of piperidine rings is 1. The van der Waals surface area contributed by atoms with Gasteiger partial charge in [-0.25, -0.2) is 4.79 Å². The highest BCUT2D eigenvalue weighted by atomic mass is 16.2. The van der Waals surface area contributed by atoms with Crippen molar-refractivity contribution in [2.45, 2.75) is 65.3 Å². The molecule has 7 nitrogen and oxygen atoms in total. The van der Waals surface area contributed by atoms with E-state index in [0.29, 0.717) is 24.4 Å². The van der Waals surface area contributed by atoms with Crippen LogP contribution in [0.5, 0.6) is 0 Å². The maximum Gasteiger partial charge on any atom is 0.325 e. The number of hydrogen-bond donors (Lipinski definition) is 2. The van der Waals surface area contributed by atoms with E-state index in [2.05, 4.69) is 43.2 Å². The van der Waals surface area contributed by atoms with E-state index in [9.17, 15) is 14.4 Å². The molecule has 0 bridgehead atoms. The van der Waals surface area contributed by atoms with Gasteiger partial charge in [-0.05, 0) is 73.6 Å². The van der Waals surface area contributed by atoms with Crippen molar-refractivity contribution in [3.05, 3.63) is 24.3 Å². The van der Waals surface area contributed by atoms with E-state index in [1.807, 2.05) is 24.3 Å². The second kappa shape index (κ2) is 8.41. The number of amides is 4. The highest BCUT2D eigenvalue weighted by Crippen LogP contribution is 2.46. The largest absolute Gasteiger partial charge is 0.372 e. The van der Waals surface area contributed by atoms with Crippen molar-refractivity contribution in [2.75, 3.05) is 29.9 Å². The Morgan fingerprint density at radius 2 is 1.72 bits per heavy atom. The zero-order valence-corrected chi connectivity index (χ0v) is 19.7. The lowest BCUT2D eigenvalue weighted by Crippen LogP contribution is -2.54. The molecule has 4 amide bonds. The van der Waals surface area contributed by atoms with Gasteiger partial charge in [0.1, 0.15) is 12.1 Å². The number of imide groups is 1. The number of carbonyl (C=O) groups is 3. The first-order valence-corrected chi connectivity index (χ1v) is 11.9. The Morgan fingerprint density at radius 1 is 1.06 bits per heavy atom. The van der Waals surface area contributed by atoms with Crippen LogP contribution in [0.4, 0.5) is 16.2 Å². The molecule has 3 aliphatic rings. The van der Waals surface area contributed by atoms with E-state index >= 15 is 0 Å². The minimum atomic E-state index is -0.883. The normalized spacial score (nSPS) is 28.2. The van der Waals surface area contributed by atoms with Gasteiger partial charge in [-0.2, -0.15) is 0 Å². The molecule has 2 N–H and O–H groups in total. The average Bonchev–Trinajstić information content (AvgIpc) is 2.91. The minimum Gasteiger partial charge on any atom is -0.372 e. The maximum absolute atomic E-state index is 13.2. The Hall–Kier alpha value is -2.57. The first-order chi connectivity index (χ1) is 15.1. The van der Waals surface area contributed by atoms with Gasteiger partial charge in [0.2, 0.25) is 5.91 Å². The summed E-state index contributed by atoms with van der Waals surface area (Å²) in [6.07, 6.45) is 4.63. The third kappa shape index (κ3) is 4.62. The van der Waals surface area contributed by atoms with Crippen LogP contribution in [-0.4, -0.2) is 47.9 Å². The summed E-state index contributed by atoms with van der Waals surface area (Å²) in [5.41, 5.74) is 0.900. The quantitative estimate of drug-likeness (QED) is 0.694. The van der Waals surface area contributed by atoms with Crippen molar-refractivity contribution in [1.29, 1.82) is 0 Å². The Labute approximate surface area is 190 Å². The van der Waals surface area contributed by atoms with Crippen molar-refractivity contribution in [2.24, 2.45) is 17.3 Å². The van der Waals surface area contributed by atoms with Gasteiger partial charge < -0.3 is 15.5 Å². The second-order valence-corrected chi connectivity index (χ2v) is 11.0. The molecule has 1 spiro atoms. The van der Waals surface area contributed by atoms with Gasteiger partial charge in [-0.15, -0.1) is 0 Å². The highest BCUT2D eigenvalue weighted by Gasteiger charge is 2.56. The van der Waals surface area contributed by atoms with Crippen molar-refractivity contribution >= 4 is 29.2 Å². The van der Waals surface area contributed by atoms with Gasteiger partial charge in [-0.3, -0.25) is 14.5 Å². The van der Waals surface area contributed by atoms with E-state index < -0.39 is 11.6 Å². The van der Waals surface area contributed by atoms with Gasteiger partial charge in [0, 0.05) is 24.5 Å². The Kier molecular flexibility index (Phi) is 5.94. The lowest BCUT2D eigenvalue weighted by Gasteiger charge is -2.43. The highest BCUT2D eigenvalue weighted by molar-refractivity contribution is 6.10. The third-order valence-electron chi connectivity index (χ3n) is 7.23. The molecular weight excluding hydrogens is 404 g/mol. The van der Waals surface area contributed by atoms with Gasteiger partial charge in [0.05, 0.1) is 0 Å². The van der Waals surface area contributed by atoms with Gasteiger partial charge in [0.15, 0.2) is 0 Å². The van der Waals surface area contributed by atoms with Crippen molar-refractivity contribution in [3.8, 4) is 0 Å². The molecule has 1 aromatic carbocycles. The summed E-state index contributed by atoms with van der Waals surface area (Å²) in [5.74, 6) is 0.468. The third-order valence-corrected chi connectivity index (χ3v) is 7.23. The van der Waals surface area contributed by atoms with Crippen LogP contribution in [-0.2, 0) is 9.59 Å². The van der Waals surface area contributed by atoms with Gasteiger partial charge in [0.25, 0.3) is 5.91 Å². The van der Waals surface area contributed by atoms with E-state index in [0.717, 1.165) is 36.0 Å². The lowest BCUT2D eigenvalue weighted by molar-refractivity contribution is -0.136. The lowest BCUT2D eigenvalue weighted by atomic mass is 9.64. The molecule has 2 atom stereocenters. The fraction of sp³-hybridized carbons (Fsp3) is 0.640. The summed E-state index contributed by atoms with van der Waals surface area (Å²) in [5, 5.41) is 5.76. The zero-order valence-electron chi connectivity index (χ0n) is 19.7. The van der Waals surface area contributed by atoms with Crippen LogP contribution in [0.2, 0.25) is 0 Å². The molecule has 1 aromatic rings. The molecule has 2 heterocycles. The number of hydrogen-bond acceptors (Lipinski definition) is 4. The molecule has 2 aliphatic heterocycles. The minimum absolute atomic E-state index is 0.0347. The topological polar surface area (TPSA) is 81.8 Å². The van der Waals surface area contributed by atoms with E-state index in [1.165, 1.54) is 12.8 Å². The first kappa shape index (κ1) is 22.6. The summed E-state index contributed by atoms with van der Waals surface area (Å²) in [6, 6.07) is 7.32. The monoisotopic (exact) mass is 440 g/mol. The number of urea groups is 1. The summed E-state index contributed by atoms with van der Waals surface area (Å²) in [4.78, 5) is 41.9.